The molecule has 1 aromatic heterocycles. The smallest absolute Gasteiger partial charge is 0.136 e. The van der Waals surface area contributed by atoms with Crippen molar-refractivity contribution < 1.29 is 5.11 Å². The highest BCUT2D eigenvalue weighted by atomic mass is 79.9. The Balaban J connectivity index is 2.44. The van der Waals surface area contributed by atoms with E-state index in [9.17, 15) is 5.11 Å². The average molecular weight is 309 g/mol. The Morgan fingerprint density at radius 1 is 1.33 bits per heavy atom. The lowest BCUT2D eigenvalue weighted by atomic mass is 10.1. The summed E-state index contributed by atoms with van der Waals surface area (Å²) in [6.07, 6.45) is 2.90. The molecule has 0 saturated heterocycles. The molecule has 3 nitrogen and oxygen atoms in total. The van der Waals surface area contributed by atoms with Crippen LogP contribution < -0.4 is 4.90 Å². The van der Waals surface area contributed by atoms with Crippen molar-refractivity contribution >= 4 is 32.5 Å². The van der Waals surface area contributed by atoms with Gasteiger partial charge >= 0.3 is 0 Å². The van der Waals surface area contributed by atoms with Crippen LogP contribution in [0.25, 0.3) is 10.8 Å². The monoisotopic (exact) mass is 308 g/mol. The van der Waals surface area contributed by atoms with Gasteiger partial charge in [0.05, 0.1) is 0 Å². The zero-order valence-corrected chi connectivity index (χ0v) is 12.0. The maximum atomic E-state index is 9.63. The molecule has 0 aliphatic heterocycles. The minimum atomic E-state index is 0.285. The molecule has 0 spiro atoms. The molecule has 0 aliphatic carbocycles. The molecule has 96 valence electrons. The number of benzene rings is 1. The number of anilines is 1. The predicted octanol–water partition coefficient (Wildman–Crippen LogP) is 3.55. The number of rotatable bonds is 5. The van der Waals surface area contributed by atoms with Crippen LogP contribution in [-0.4, -0.2) is 28.5 Å². The molecule has 0 amide bonds. The average Bonchev–Trinajstić information content (AvgIpc) is 2.40. The lowest BCUT2D eigenvalue weighted by Crippen LogP contribution is -2.25. The summed E-state index contributed by atoms with van der Waals surface area (Å²) in [7, 11) is 0. The van der Waals surface area contributed by atoms with Gasteiger partial charge in [0.15, 0.2) is 0 Å². The number of aromatic hydroxyl groups is 1. The van der Waals surface area contributed by atoms with Crippen molar-refractivity contribution in [3.63, 3.8) is 0 Å². The Morgan fingerprint density at radius 2 is 2.17 bits per heavy atom. The Bertz CT molecular complexity index is 530. The Hall–Kier alpha value is -1.29. The fourth-order valence-corrected chi connectivity index (χ4v) is 2.31. The van der Waals surface area contributed by atoms with E-state index in [2.05, 4.69) is 32.7 Å². The SMILES string of the molecule is CCN(CCCBr)c1nccc2ccc(O)cc12. The highest BCUT2D eigenvalue weighted by Gasteiger charge is 2.10. The summed E-state index contributed by atoms with van der Waals surface area (Å²) in [4.78, 5) is 6.71. The molecule has 0 atom stereocenters. The molecule has 0 fully saturated rings. The molecule has 18 heavy (non-hydrogen) atoms. The van der Waals surface area contributed by atoms with E-state index in [0.717, 1.165) is 41.4 Å². The molecule has 2 rings (SSSR count). The highest BCUT2D eigenvalue weighted by molar-refractivity contribution is 9.09. The standard InChI is InChI=1S/C14H17BrN2O/c1-2-17(9-3-7-15)14-13-10-12(18)5-4-11(13)6-8-16-14/h4-6,8,10,18H,2-3,7,9H2,1H3. The van der Waals surface area contributed by atoms with E-state index in [4.69, 9.17) is 0 Å². The molecule has 0 saturated carbocycles. The van der Waals surface area contributed by atoms with E-state index in [0.29, 0.717) is 0 Å². The molecule has 0 unspecified atom stereocenters. The quantitative estimate of drug-likeness (QED) is 0.858. The summed E-state index contributed by atoms with van der Waals surface area (Å²) >= 11 is 3.45. The van der Waals surface area contributed by atoms with Gasteiger partial charge in [-0.1, -0.05) is 22.0 Å². The van der Waals surface area contributed by atoms with Crippen LogP contribution in [0.3, 0.4) is 0 Å². The van der Waals surface area contributed by atoms with E-state index in [1.165, 1.54) is 0 Å². The lowest BCUT2D eigenvalue weighted by molar-refractivity contribution is 0.476. The second-order valence-electron chi connectivity index (χ2n) is 4.16. The van der Waals surface area contributed by atoms with Gasteiger partial charge in [0.1, 0.15) is 11.6 Å². The number of hydrogen-bond acceptors (Lipinski definition) is 3. The molecular formula is C14H17BrN2O. The van der Waals surface area contributed by atoms with Crippen LogP contribution in [0, 0.1) is 0 Å². The number of phenolic OH excluding ortho intramolecular Hbond substituents is 1. The third-order valence-electron chi connectivity index (χ3n) is 2.97. The molecular weight excluding hydrogens is 292 g/mol. The van der Waals surface area contributed by atoms with E-state index < -0.39 is 0 Å². The summed E-state index contributed by atoms with van der Waals surface area (Å²) in [6.45, 7) is 4.00. The number of pyridine rings is 1. The van der Waals surface area contributed by atoms with Crippen molar-refractivity contribution in [3.05, 3.63) is 30.5 Å². The fraction of sp³-hybridized carbons (Fsp3) is 0.357. The summed E-state index contributed by atoms with van der Waals surface area (Å²) in [5, 5.41) is 12.7. The molecule has 1 N–H and O–H groups in total. The lowest BCUT2D eigenvalue weighted by Gasteiger charge is -2.23. The topological polar surface area (TPSA) is 36.4 Å². The third kappa shape index (κ3) is 2.75. The summed E-state index contributed by atoms with van der Waals surface area (Å²) < 4.78 is 0. The second kappa shape index (κ2) is 6.05. The number of hydrogen-bond donors (Lipinski definition) is 1. The van der Waals surface area contributed by atoms with Crippen molar-refractivity contribution in [2.45, 2.75) is 13.3 Å². The van der Waals surface area contributed by atoms with Gasteiger partial charge in [-0.15, -0.1) is 0 Å². The van der Waals surface area contributed by atoms with Crippen LogP contribution >= 0.6 is 15.9 Å². The first-order valence-electron chi connectivity index (χ1n) is 6.15. The molecule has 0 bridgehead atoms. The molecule has 1 aromatic carbocycles. The van der Waals surface area contributed by atoms with E-state index in [-0.39, 0.29) is 5.75 Å². The number of halogens is 1. The fourth-order valence-electron chi connectivity index (χ4n) is 2.06. The van der Waals surface area contributed by atoms with E-state index >= 15 is 0 Å². The van der Waals surface area contributed by atoms with Crippen LogP contribution in [0.15, 0.2) is 30.5 Å². The number of phenols is 1. The van der Waals surface area contributed by atoms with Crippen molar-refractivity contribution in [2.24, 2.45) is 0 Å². The molecule has 0 aliphatic rings. The van der Waals surface area contributed by atoms with Gasteiger partial charge in [0.25, 0.3) is 0 Å². The molecule has 0 radical (unpaired) electrons. The largest absolute Gasteiger partial charge is 0.508 e. The van der Waals surface area contributed by atoms with Crippen molar-refractivity contribution in [1.82, 2.24) is 4.98 Å². The van der Waals surface area contributed by atoms with Crippen molar-refractivity contribution in [1.29, 1.82) is 0 Å². The second-order valence-corrected chi connectivity index (χ2v) is 4.96. The zero-order chi connectivity index (χ0) is 13.0. The van der Waals surface area contributed by atoms with Gasteiger partial charge in [0.2, 0.25) is 0 Å². The van der Waals surface area contributed by atoms with Crippen LogP contribution in [0.2, 0.25) is 0 Å². The Morgan fingerprint density at radius 3 is 2.89 bits per heavy atom. The van der Waals surface area contributed by atoms with Crippen molar-refractivity contribution in [2.75, 3.05) is 23.3 Å². The number of alkyl halides is 1. The van der Waals surface area contributed by atoms with Crippen LogP contribution in [0.4, 0.5) is 5.82 Å². The first kappa shape index (κ1) is 13.1. The normalized spacial score (nSPS) is 10.8. The van der Waals surface area contributed by atoms with Gasteiger partial charge in [-0.25, -0.2) is 4.98 Å². The van der Waals surface area contributed by atoms with E-state index in [1.807, 2.05) is 18.3 Å². The molecule has 2 aromatic rings. The van der Waals surface area contributed by atoms with Gasteiger partial charge in [-0.2, -0.15) is 0 Å². The van der Waals surface area contributed by atoms with Gasteiger partial charge in [-0.3, -0.25) is 0 Å². The van der Waals surface area contributed by atoms with E-state index in [1.54, 1.807) is 12.1 Å². The summed E-state index contributed by atoms with van der Waals surface area (Å²) in [5.74, 6) is 1.24. The van der Waals surface area contributed by atoms with Crippen LogP contribution in [0.1, 0.15) is 13.3 Å². The van der Waals surface area contributed by atoms with Gasteiger partial charge < -0.3 is 10.0 Å². The predicted molar refractivity (Wildman–Crippen MR) is 79.7 cm³/mol. The number of aromatic nitrogens is 1. The maximum Gasteiger partial charge on any atom is 0.136 e. The van der Waals surface area contributed by atoms with Crippen molar-refractivity contribution in [3.8, 4) is 5.75 Å². The third-order valence-corrected chi connectivity index (χ3v) is 3.53. The number of fused-ring (bicyclic) bond motifs is 1. The summed E-state index contributed by atoms with van der Waals surface area (Å²) in [6, 6.07) is 7.39. The maximum absolute atomic E-state index is 9.63. The minimum Gasteiger partial charge on any atom is -0.508 e. The van der Waals surface area contributed by atoms with Crippen LogP contribution in [-0.2, 0) is 0 Å². The first-order valence-corrected chi connectivity index (χ1v) is 7.27. The Labute approximate surface area is 116 Å². The zero-order valence-electron chi connectivity index (χ0n) is 10.4. The van der Waals surface area contributed by atoms with Crippen LogP contribution in [0.5, 0.6) is 5.75 Å². The molecule has 4 heteroatoms. The van der Waals surface area contributed by atoms with Gasteiger partial charge in [-0.05, 0) is 36.9 Å². The molecule has 1 heterocycles. The number of nitrogens with zero attached hydrogens (tertiary/aromatic N) is 2. The highest BCUT2D eigenvalue weighted by Crippen LogP contribution is 2.27. The van der Waals surface area contributed by atoms with Gasteiger partial charge in [0, 0.05) is 30.0 Å². The summed E-state index contributed by atoms with van der Waals surface area (Å²) in [5.41, 5.74) is 0. The first-order chi connectivity index (χ1) is 8.76. The minimum absolute atomic E-state index is 0.285. The Kier molecular flexibility index (Phi) is 4.42.